The van der Waals surface area contributed by atoms with E-state index in [0.717, 1.165) is 18.2 Å². The van der Waals surface area contributed by atoms with E-state index in [0.29, 0.717) is 23.0 Å². The van der Waals surface area contributed by atoms with Crippen molar-refractivity contribution in [2.24, 2.45) is 0 Å². The third kappa shape index (κ3) is 4.27. The number of rotatable bonds is 4. The van der Waals surface area contributed by atoms with Crippen LogP contribution in [-0.4, -0.2) is 35.4 Å². The van der Waals surface area contributed by atoms with Crippen LogP contribution in [0.5, 0.6) is 5.75 Å². The number of phenols is 1. The standard InChI is InChI=1S/C27H18F5N7O2/c1-26(13-2-3-16(19(40)9-13)27(30,31)32)20-21(33)36-22(37-23(20)38-25(26)41)18-11-39-5-4-34-24(39)17(35-18)8-12-6-14(28)10-15(29)7-12/h2-7,9-11,40H,8H2,1H3,(H3,33,36,37,38,41). The lowest BCUT2D eigenvalue weighted by atomic mass is 9.77. The maximum absolute atomic E-state index is 13.8. The second-order valence-corrected chi connectivity index (χ2v) is 9.65. The van der Waals surface area contributed by atoms with Gasteiger partial charge in [0.05, 0.1) is 16.8 Å². The van der Waals surface area contributed by atoms with E-state index in [4.69, 9.17) is 5.73 Å². The number of amides is 1. The summed E-state index contributed by atoms with van der Waals surface area (Å²) in [6.07, 6.45) is -0.0670. The minimum Gasteiger partial charge on any atom is -0.507 e. The average molecular weight is 567 g/mol. The highest BCUT2D eigenvalue weighted by molar-refractivity contribution is 6.09. The van der Waals surface area contributed by atoms with Gasteiger partial charge in [0.15, 0.2) is 11.5 Å². The Labute approximate surface area is 227 Å². The highest BCUT2D eigenvalue weighted by atomic mass is 19.4. The number of phenolic OH excluding ortho intramolecular Hbond substituents is 1. The molecular formula is C27H18F5N7O2. The predicted molar refractivity (Wildman–Crippen MR) is 136 cm³/mol. The third-order valence-electron chi connectivity index (χ3n) is 6.97. The molecule has 0 saturated heterocycles. The van der Waals surface area contributed by atoms with Crippen molar-refractivity contribution in [1.29, 1.82) is 0 Å². The molecule has 0 saturated carbocycles. The zero-order chi connectivity index (χ0) is 29.3. The molecule has 0 radical (unpaired) electrons. The Balaban J connectivity index is 1.44. The van der Waals surface area contributed by atoms with Crippen molar-refractivity contribution in [1.82, 2.24) is 24.3 Å². The average Bonchev–Trinajstić information content (AvgIpc) is 3.45. The van der Waals surface area contributed by atoms with Crippen LogP contribution in [0, 0.1) is 11.6 Å². The number of anilines is 2. The number of benzene rings is 2. The molecule has 1 aliphatic rings. The highest BCUT2D eigenvalue weighted by Gasteiger charge is 2.48. The van der Waals surface area contributed by atoms with Gasteiger partial charge in [-0.15, -0.1) is 0 Å². The molecule has 41 heavy (non-hydrogen) atoms. The largest absolute Gasteiger partial charge is 0.507 e. The van der Waals surface area contributed by atoms with Gasteiger partial charge in [0.25, 0.3) is 0 Å². The van der Waals surface area contributed by atoms with Crippen LogP contribution in [-0.2, 0) is 22.8 Å². The van der Waals surface area contributed by atoms with Gasteiger partial charge >= 0.3 is 6.18 Å². The number of nitrogens with zero attached hydrogens (tertiary/aromatic N) is 5. The third-order valence-corrected chi connectivity index (χ3v) is 6.97. The lowest BCUT2D eigenvalue weighted by Gasteiger charge is -2.24. The number of nitrogen functional groups attached to an aromatic ring is 1. The van der Waals surface area contributed by atoms with E-state index in [2.05, 4.69) is 25.3 Å². The van der Waals surface area contributed by atoms with Crippen LogP contribution in [0.1, 0.15) is 34.9 Å². The van der Waals surface area contributed by atoms with E-state index < -0.39 is 40.4 Å². The van der Waals surface area contributed by atoms with E-state index in [1.165, 1.54) is 25.3 Å². The summed E-state index contributed by atoms with van der Waals surface area (Å²) >= 11 is 0. The number of alkyl halides is 3. The normalized spacial score (nSPS) is 16.7. The molecule has 0 aliphatic carbocycles. The Morgan fingerprint density at radius 2 is 1.80 bits per heavy atom. The fourth-order valence-electron chi connectivity index (χ4n) is 5.01. The van der Waals surface area contributed by atoms with Gasteiger partial charge < -0.3 is 20.6 Å². The van der Waals surface area contributed by atoms with Crippen molar-refractivity contribution in [2.45, 2.75) is 24.9 Å². The van der Waals surface area contributed by atoms with E-state index in [-0.39, 0.29) is 40.7 Å². The van der Waals surface area contributed by atoms with Crippen LogP contribution in [0.2, 0.25) is 0 Å². The number of hydrogen-bond donors (Lipinski definition) is 3. The summed E-state index contributed by atoms with van der Waals surface area (Å²) in [7, 11) is 0. The molecule has 1 unspecified atom stereocenters. The summed E-state index contributed by atoms with van der Waals surface area (Å²) in [5, 5.41) is 12.7. The molecule has 9 nitrogen and oxygen atoms in total. The molecule has 1 aliphatic heterocycles. The lowest BCUT2D eigenvalue weighted by Crippen LogP contribution is -2.33. The van der Waals surface area contributed by atoms with Gasteiger partial charge in [-0.2, -0.15) is 13.2 Å². The first-order valence-corrected chi connectivity index (χ1v) is 12.0. The van der Waals surface area contributed by atoms with Gasteiger partial charge in [-0.05, 0) is 42.3 Å². The molecule has 0 fully saturated rings. The Kier molecular flexibility index (Phi) is 5.69. The molecule has 0 bridgehead atoms. The number of nitrogens with one attached hydrogen (secondary N) is 1. The van der Waals surface area contributed by atoms with Gasteiger partial charge in [0.2, 0.25) is 5.91 Å². The minimum absolute atomic E-state index is 0.00309. The number of carbonyl (C=O) groups is 1. The van der Waals surface area contributed by atoms with Crippen LogP contribution in [0.25, 0.3) is 17.2 Å². The van der Waals surface area contributed by atoms with Gasteiger partial charge in [-0.3, -0.25) is 4.79 Å². The number of carbonyl (C=O) groups excluding carboxylic acids is 1. The molecular weight excluding hydrogens is 549 g/mol. The zero-order valence-electron chi connectivity index (χ0n) is 21.0. The second kappa shape index (κ2) is 8.94. The summed E-state index contributed by atoms with van der Waals surface area (Å²) in [5.74, 6) is -3.31. The first kappa shape index (κ1) is 26.1. The Bertz CT molecular complexity index is 1870. The zero-order valence-corrected chi connectivity index (χ0v) is 21.0. The summed E-state index contributed by atoms with van der Waals surface area (Å²) in [5.41, 5.74) is 4.89. The van der Waals surface area contributed by atoms with Gasteiger partial charge in [0.1, 0.15) is 40.1 Å². The number of imidazole rings is 1. The topological polar surface area (TPSA) is 131 Å². The molecule has 1 amide bonds. The Morgan fingerprint density at radius 1 is 1.07 bits per heavy atom. The molecule has 2 aromatic carbocycles. The molecule has 14 heteroatoms. The second-order valence-electron chi connectivity index (χ2n) is 9.65. The molecule has 3 aromatic heterocycles. The number of nitrogens with two attached hydrogens (primary N) is 1. The molecule has 4 heterocycles. The van der Waals surface area contributed by atoms with Crippen molar-refractivity contribution < 1.29 is 31.9 Å². The number of halogens is 5. The van der Waals surface area contributed by atoms with Crippen LogP contribution < -0.4 is 11.1 Å². The summed E-state index contributed by atoms with van der Waals surface area (Å²) in [6, 6.07) is 5.74. The maximum atomic E-state index is 13.8. The molecule has 0 spiro atoms. The predicted octanol–water partition coefficient (Wildman–Crippen LogP) is 4.62. The summed E-state index contributed by atoms with van der Waals surface area (Å²) in [6.45, 7) is 1.43. The quantitative estimate of drug-likeness (QED) is 0.270. The first-order valence-electron chi connectivity index (χ1n) is 12.0. The Morgan fingerprint density at radius 3 is 2.49 bits per heavy atom. The summed E-state index contributed by atoms with van der Waals surface area (Å²) in [4.78, 5) is 30.7. The fraction of sp³-hybridized carbons (Fsp3) is 0.148. The van der Waals surface area contributed by atoms with Crippen molar-refractivity contribution >= 4 is 23.2 Å². The van der Waals surface area contributed by atoms with Crippen molar-refractivity contribution in [3.63, 3.8) is 0 Å². The first-order chi connectivity index (χ1) is 19.3. The molecule has 208 valence electrons. The lowest BCUT2D eigenvalue weighted by molar-refractivity contribution is -0.138. The number of hydrogen-bond acceptors (Lipinski definition) is 7. The number of aromatic hydroxyl groups is 1. The van der Waals surface area contributed by atoms with Crippen LogP contribution in [0.3, 0.4) is 0 Å². The van der Waals surface area contributed by atoms with E-state index >= 15 is 0 Å². The summed E-state index contributed by atoms with van der Waals surface area (Å²) < 4.78 is 68.7. The van der Waals surface area contributed by atoms with E-state index in [1.807, 2.05) is 0 Å². The van der Waals surface area contributed by atoms with Crippen LogP contribution in [0.4, 0.5) is 33.6 Å². The highest BCUT2D eigenvalue weighted by Crippen LogP contribution is 2.47. The van der Waals surface area contributed by atoms with Gasteiger partial charge in [0, 0.05) is 31.1 Å². The van der Waals surface area contributed by atoms with Crippen LogP contribution in [0.15, 0.2) is 55.0 Å². The van der Waals surface area contributed by atoms with E-state index in [1.54, 1.807) is 16.8 Å². The van der Waals surface area contributed by atoms with E-state index in [9.17, 15) is 31.9 Å². The molecule has 4 N–H and O–H groups in total. The van der Waals surface area contributed by atoms with Crippen molar-refractivity contribution in [3.8, 4) is 17.3 Å². The minimum atomic E-state index is -4.79. The molecule has 6 rings (SSSR count). The van der Waals surface area contributed by atoms with Crippen LogP contribution >= 0.6 is 0 Å². The monoisotopic (exact) mass is 567 g/mol. The number of aromatic nitrogens is 5. The SMILES string of the molecule is CC1(c2ccc(C(F)(F)F)c(O)c2)C(=O)Nc2nc(-c3cn4ccnc4c(Cc4cc(F)cc(F)c4)n3)nc(N)c21. The molecule has 5 aromatic rings. The smallest absolute Gasteiger partial charge is 0.419 e. The fourth-order valence-corrected chi connectivity index (χ4v) is 5.01. The van der Waals surface area contributed by atoms with Gasteiger partial charge in [-0.1, -0.05) is 6.07 Å². The van der Waals surface area contributed by atoms with Crippen molar-refractivity contribution in [3.05, 3.63) is 94.6 Å². The maximum Gasteiger partial charge on any atom is 0.419 e. The van der Waals surface area contributed by atoms with Crippen molar-refractivity contribution in [2.75, 3.05) is 11.1 Å². The molecule has 1 atom stereocenters. The number of fused-ring (bicyclic) bond motifs is 2. The van der Waals surface area contributed by atoms with Gasteiger partial charge in [-0.25, -0.2) is 28.7 Å². The Hall–Kier alpha value is -5.14.